The Bertz CT molecular complexity index is 1070. The van der Waals surface area contributed by atoms with Crippen molar-refractivity contribution >= 4 is 10.8 Å². The van der Waals surface area contributed by atoms with Crippen LogP contribution < -0.4 is 0 Å². The monoisotopic (exact) mass is 310 g/mol. The minimum absolute atomic E-state index is 0.0523. The summed E-state index contributed by atoms with van der Waals surface area (Å²) in [6.45, 7) is 0. The van der Waals surface area contributed by atoms with Crippen LogP contribution in [0.25, 0.3) is 21.9 Å². The fourth-order valence-electron chi connectivity index (χ4n) is 4.04. The first kappa shape index (κ1) is 13.5. The Morgan fingerprint density at radius 1 is 0.583 bits per heavy atom. The third-order valence-corrected chi connectivity index (χ3v) is 5.04. The Hall–Kier alpha value is -2.93. The average molecular weight is 310 g/mol. The standard InChI is InChI=1S/C23H15F/c24-21-14-6-13-20-17-10-3-4-11-19(17)22(23(20)21)18-12-5-8-15-7-1-2-9-16(15)18/h1-14,22H. The van der Waals surface area contributed by atoms with Gasteiger partial charge in [-0.15, -0.1) is 0 Å². The highest BCUT2D eigenvalue weighted by Gasteiger charge is 2.32. The molecule has 1 unspecified atom stereocenters. The Morgan fingerprint density at radius 2 is 1.25 bits per heavy atom. The van der Waals surface area contributed by atoms with Crippen molar-refractivity contribution in [2.45, 2.75) is 5.92 Å². The van der Waals surface area contributed by atoms with E-state index >= 15 is 0 Å². The molecule has 0 spiro atoms. The van der Waals surface area contributed by atoms with Crippen LogP contribution in [0.2, 0.25) is 0 Å². The molecule has 0 fully saturated rings. The summed E-state index contributed by atoms with van der Waals surface area (Å²) in [5, 5.41) is 2.38. The maximum absolute atomic E-state index is 14.8. The highest BCUT2D eigenvalue weighted by Crippen LogP contribution is 2.50. The van der Waals surface area contributed by atoms with Gasteiger partial charge < -0.3 is 0 Å². The summed E-state index contributed by atoms with van der Waals surface area (Å²) in [7, 11) is 0. The molecule has 0 aliphatic heterocycles. The lowest BCUT2D eigenvalue weighted by Gasteiger charge is -2.17. The van der Waals surface area contributed by atoms with E-state index < -0.39 is 0 Å². The topological polar surface area (TPSA) is 0 Å². The molecule has 0 N–H and O–H groups in total. The molecule has 0 amide bonds. The molecule has 0 heterocycles. The zero-order valence-corrected chi connectivity index (χ0v) is 13.0. The molecule has 1 aliphatic carbocycles. The molecule has 1 heteroatoms. The van der Waals surface area contributed by atoms with E-state index in [-0.39, 0.29) is 11.7 Å². The highest BCUT2D eigenvalue weighted by atomic mass is 19.1. The van der Waals surface area contributed by atoms with Gasteiger partial charge in [0.25, 0.3) is 0 Å². The molecule has 1 aliphatic rings. The van der Waals surface area contributed by atoms with Gasteiger partial charge in [0, 0.05) is 11.5 Å². The molecule has 0 nitrogen and oxygen atoms in total. The summed E-state index contributed by atoms with van der Waals surface area (Å²) < 4.78 is 14.8. The van der Waals surface area contributed by atoms with Gasteiger partial charge in [-0.25, -0.2) is 4.39 Å². The van der Waals surface area contributed by atoms with E-state index in [4.69, 9.17) is 0 Å². The zero-order chi connectivity index (χ0) is 16.1. The molecule has 0 saturated heterocycles. The van der Waals surface area contributed by atoms with Gasteiger partial charge in [-0.05, 0) is 39.1 Å². The number of hydrogen-bond donors (Lipinski definition) is 0. The van der Waals surface area contributed by atoms with Crippen LogP contribution in [0.4, 0.5) is 4.39 Å². The van der Waals surface area contributed by atoms with Crippen molar-refractivity contribution in [2.75, 3.05) is 0 Å². The molecule has 0 bridgehead atoms. The highest BCUT2D eigenvalue weighted by molar-refractivity contribution is 5.90. The Kier molecular flexibility index (Phi) is 2.83. The molecular weight excluding hydrogens is 295 g/mol. The quantitative estimate of drug-likeness (QED) is 0.349. The van der Waals surface area contributed by atoms with Crippen LogP contribution in [-0.4, -0.2) is 0 Å². The summed E-state index contributed by atoms with van der Waals surface area (Å²) in [5.74, 6) is -0.176. The zero-order valence-electron chi connectivity index (χ0n) is 13.0. The first-order chi connectivity index (χ1) is 11.8. The van der Waals surface area contributed by atoms with Crippen molar-refractivity contribution in [3.05, 3.63) is 107 Å². The maximum Gasteiger partial charge on any atom is 0.127 e. The Labute approximate surface area is 140 Å². The smallest absolute Gasteiger partial charge is 0.127 e. The molecule has 4 aromatic rings. The van der Waals surface area contributed by atoms with Gasteiger partial charge in [-0.3, -0.25) is 0 Å². The summed E-state index contributed by atoms with van der Waals surface area (Å²) in [5.41, 5.74) is 5.32. The first-order valence-corrected chi connectivity index (χ1v) is 8.20. The average Bonchev–Trinajstić information content (AvgIpc) is 2.97. The van der Waals surface area contributed by atoms with Crippen molar-refractivity contribution in [3.8, 4) is 11.1 Å². The largest absolute Gasteiger partial charge is 0.207 e. The summed E-state index contributed by atoms with van der Waals surface area (Å²) >= 11 is 0. The summed E-state index contributed by atoms with van der Waals surface area (Å²) in [6.07, 6.45) is 0. The SMILES string of the molecule is Fc1cccc2c1C(c1cccc3ccccc13)c1ccccc1-2. The van der Waals surface area contributed by atoms with Crippen molar-refractivity contribution in [1.29, 1.82) is 0 Å². The molecule has 24 heavy (non-hydrogen) atoms. The van der Waals surface area contributed by atoms with Gasteiger partial charge in [0.05, 0.1) is 0 Å². The van der Waals surface area contributed by atoms with E-state index in [1.165, 1.54) is 21.9 Å². The number of fused-ring (bicyclic) bond motifs is 4. The minimum atomic E-state index is -0.123. The van der Waals surface area contributed by atoms with Gasteiger partial charge in [0.15, 0.2) is 0 Å². The normalized spacial score (nSPS) is 15.3. The maximum atomic E-state index is 14.8. The van der Waals surface area contributed by atoms with Gasteiger partial charge in [-0.1, -0.05) is 78.9 Å². The summed E-state index contributed by atoms with van der Waals surface area (Å²) in [6, 6.07) is 28.3. The van der Waals surface area contributed by atoms with Gasteiger partial charge in [0.1, 0.15) is 5.82 Å². The van der Waals surface area contributed by atoms with Crippen LogP contribution in [-0.2, 0) is 0 Å². The second-order valence-corrected chi connectivity index (χ2v) is 6.29. The first-order valence-electron chi connectivity index (χ1n) is 8.20. The van der Waals surface area contributed by atoms with Crippen LogP contribution in [0.5, 0.6) is 0 Å². The summed E-state index contributed by atoms with van der Waals surface area (Å²) in [4.78, 5) is 0. The van der Waals surface area contributed by atoms with Crippen LogP contribution in [0.3, 0.4) is 0 Å². The van der Waals surface area contributed by atoms with Crippen LogP contribution in [0, 0.1) is 5.82 Å². The molecule has 5 rings (SSSR count). The van der Waals surface area contributed by atoms with Crippen molar-refractivity contribution < 1.29 is 4.39 Å². The third kappa shape index (κ3) is 1.78. The fourth-order valence-corrected chi connectivity index (χ4v) is 4.04. The Balaban J connectivity index is 1.89. The molecule has 4 aromatic carbocycles. The van der Waals surface area contributed by atoms with E-state index in [0.29, 0.717) is 0 Å². The van der Waals surface area contributed by atoms with Crippen molar-refractivity contribution in [2.24, 2.45) is 0 Å². The van der Waals surface area contributed by atoms with E-state index in [1.807, 2.05) is 24.3 Å². The van der Waals surface area contributed by atoms with Gasteiger partial charge in [0.2, 0.25) is 0 Å². The minimum Gasteiger partial charge on any atom is -0.207 e. The fraction of sp³-hybridized carbons (Fsp3) is 0.0435. The Morgan fingerprint density at radius 3 is 2.21 bits per heavy atom. The van der Waals surface area contributed by atoms with Gasteiger partial charge in [-0.2, -0.15) is 0 Å². The molecule has 1 atom stereocenters. The lowest BCUT2D eigenvalue weighted by Crippen LogP contribution is -2.02. The third-order valence-electron chi connectivity index (χ3n) is 5.04. The van der Waals surface area contributed by atoms with E-state index in [0.717, 1.165) is 16.7 Å². The molecule has 0 radical (unpaired) electrons. The van der Waals surface area contributed by atoms with E-state index in [1.54, 1.807) is 12.1 Å². The predicted molar refractivity (Wildman–Crippen MR) is 96.7 cm³/mol. The van der Waals surface area contributed by atoms with Crippen molar-refractivity contribution in [3.63, 3.8) is 0 Å². The molecule has 0 saturated carbocycles. The lowest BCUT2D eigenvalue weighted by atomic mass is 9.86. The lowest BCUT2D eigenvalue weighted by molar-refractivity contribution is 0.610. The van der Waals surface area contributed by atoms with Crippen LogP contribution >= 0.6 is 0 Å². The van der Waals surface area contributed by atoms with Crippen molar-refractivity contribution in [1.82, 2.24) is 0 Å². The second kappa shape index (κ2) is 5.04. The van der Waals surface area contributed by atoms with E-state index in [2.05, 4.69) is 48.5 Å². The predicted octanol–water partition coefficient (Wildman–Crippen LogP) is 6.14. The number of hydrogen-bond acceptors (Lipinski definition) is 0. The molecule has 0 aromatic heterocycles. The molecular formula is C23H15F. The number of benzene rings is 4. The van der Waals surface area contributed by atoms with Gasteiger partial charge >= 0.3 is 0 Å². The molecule has 114 valence electrons. The van der Waals surface area contributed by atoms with E-state index in [9.17, 15) is 4.39 Å². The van der Waals surface area contributed by atoms with Crippen LogP contribution in [0.1, 0.15) is 22.6 Å². The van der Waals surface area contributed by atoms with Crippen LogP contribution in [0.15, 0.2) is 84.9 Å². The second-order valence-electron chi connectivity index (χ2n) is 6.29. The number of rotatable bonds is 1. The number of halogens is 1.